The van der Waals surface area contributed by atoms with Crippen molar-refractivity contribution in [2.75, 3.05) is 19.8 Å². The van der Waals surface area contributed by atoms with Gasteiger partial charge in [-0.3, -0.25) is 10.1 Å². The van der Waals surface area contributed by atoms with Crippen LogP contribution in [0.4, 0.5) is 5.69 Å². The zero-order valence-corrected chi connectivity index (χ0v) is 13.7. The summed E-state index contributed by atoms with van der Waals surface area (Å²) in [6, 6.07) is 2.82. The molecule has 1 aliphatic heterocycles. The summed E-state index contributed by atoms with van der Waals surface area (Å²) < 4.78 is 17.5. The Morgan fingerprint density at radius 3 is 2.45 bits per heavy atom. The fourth-order valence-corrected chi connectivity index (χ4v) is 3.14. The average molecular weight is 411 g/mol. The molecule has 1 aromatic rings. The number of nitro benzene ring substituents is 1. The van der Waals surface area contributed by atoms with Crippen molar-refractivity contribution >= 4 is 37.5 Å². The fourth-order valence-electron chi connectivity index (χ4n) is 1.75. The summed E-state index contributed by atoms with van der Waals surface area (Å²) in [7, 11) is 0. The van der Waals surface area contributed by atoms with Crippen LogP contribution in [0.2, 0.25) is 0 Å². The lowest BCUT2D eigenvalue weighted by molar-refractivity contribution is -0.385. The van der Waals surface area contributed by atoms with Gasteiger partial charge >= 0.3 is 0 Å². The second-order valence-electron chi connectivity index (χ2n) is 4.16. The van der Waals surface area contributed by atoms with Crippen molar-refractivity contribution in [2.45, 2.75) is 19.1 Å². The third-order valence-electron chi connectivity index (χ3n) is 2.69. The summed E-state index contributed by atoms with van der Waals surface area (Å²) in [6.07, 6.45) is 1.28. The zero-order chi connectivity index (χ0) is 14.5. The van der Waals surface area contributed by atoms with Gasteiger partial charge in [0.2, 0.25) is 0 Å². The van der Waals surface area contributed by atoms with Gasteiger partial charge in [0, 0.05) is 18.6 Å². The Morgan fingerprint density at radius 2 is 1.90 bits per heavy atom. The molecule has 2 rings (SSSR count). The molecule has 110 valence electrons. The van der Waals surface area contributed by atoms with Gasteiger partial charge in [-0.1, -0.05) is 0 Å². The average Bonchev–Trinajstić information content (AvgIpc) is 2.42. The van der Waals surface area contributed by atoms with E-state index in [4.69, 9.17) is 14.2 Å². The number of non-ortho nitro benzene ring substituents is 1. The predicted octanol–water partition coefficient (Wildman–Crippen LogP) is 3.65. The lowest BCUT2D eigenvalue weighted by Gasteiger charge is -2.23. The molecule has 1 heterocycles. The molecule has 0 bridgehead atoms. The van der Waals surface area contributed by atoms with Crippen LogP contribution >= 0.6 is 31.9 Å². The minimum atomic E-state index is -0.455. The van der Waals surface area contributed by atoms with Crippen molar-refractivity contribution in [3.8, 4) is 5.75 Å². The molecule has 1 aliphatic rings. The van der Waals surface area contributed by atoms with E-state index >= 15 is 0 Å². The maximum absolute atomic E-state index is 10.7. The summed E-state index contributed by atoms with van der Waals surface area (Å²) in [6.45, 7) is 1.81. The van der Waals surface area contributed by atoms with Gasteiger partial charge in [-0.05, 0) is 38.3 Å². The molecule has 0 unspecified atom stereocenters. The number of halogens is 2. The molecule has 8 heteroatoms. The third kappa shape index (κ3) is 4.15. The number of ether oxygens (including phenoxy) is 3. The van der Waals surface area contributed by atoms with Crippen molar-refractivity contribution in [1.29, 1.82) is 0 Å². The summed E-state index contributed by atoms with van der Waals surface area (Å²) in [4.78, 5) is 10.3. The monoisotopic (exact) mass is 409 g/mol. The largest absolute Gasteiger partial charge is 0.491 e. The Hall–Kier alpha value is -0.700. The first-order chi connectivity index (χ1) is 9.58. The van der Waals surface area contributed by atoms with Gasteiger partial charge < -0.3 is 14.2 Å². The molecule has 6 nitrogen and oxygen atoms in total. The minimum Gasteiger partial charge on any atom is -0.491 e. The molecule has 1 aromatic carbocycles. The van der Waals surface area contributed by atoms with Crippen LogP contribution in [0.3, 0.4) is 0 Å². The number of nitrogens with zero attached hydrogens (tertiary/aromatic N) is 1. The van der Waals surface area contributed by atoms with Gasteiger partial charge in [-0.15, -0.1) is 0 Å². The smallest absolute Gasteiger partial charge is 0.271 e. The van der Waals surface area contributed by atoms with Gasteiger partial charge in [-0.25, -0.2) is 0 Å². The Bertz CT molecular complexity index is 468. The third-order valence-corrected chi connectivity index (χ3v) is 3.87. The van der Waals surface area contributed by atoms with Gasteiger partial charge in [-0.2, -0.15) is 0 Å². The van der Waals surface area contributed by atoms with E-state index in [1.807, 2.05) is 0 Å². The van der Waals surface area contributed by atoms with Crippen LogP contribution in [-0.4, -0.2) is 31.0 Å². The Labute approximate surface area is 132 Å². The standard InChI is InChI=1S/C12H13Br2NO5/c13-9-6-8(15(16)17)7-10(14)12(9)20-5-2-11-18-3-1-4-19-11/h6-7,11H,1-5H2. The van der Waals surface area contributed by atoms with Crippen molar-refractivity contribution < 1.29 is 19.1 Å². The second kappa shape index (κ2) is 7.35. The van der Waals surface area contributed by atoms with Gasteiger partial charge in [0.05, 0.1) is 33.7 Å². The van der Waals surface area contributed by atoms with Gasteiger partial charge in [0.15, 0.2) is 6.29 Å². The molecule has 0 N–H and O–H groups in total. The number of rotatable bonds is 5. The second-order valence-corrected chi connectivity index (χ2v) is 5.87. The highest BCUT2D eigenvalue weighted by molar-refractivity contribution is 9.11. The van der Waals surface area contributed by atoms with Gasteiger partial charge in [0.25, 0.3) is 5.69 Å². The molecule has 1 fully saturated rings. The SMILES string of the molecule is O=[N+]([O-])c1cc(Br)c(OCCC2OCCCO2)c(Br)c1. The highest BCUT2D eigenvalue weighted by atomic mass is 79.9. The van der Waals surface area contributed by atoms with E-state index in [1.54, 1.807) is 0 Å². The Balaban J connectivity index is 1.93. The van der Waals surface area contributed by atoms with E-state index in [9.17, 15) is 10.1 Å². The first-order valence-corrected chi connectivity index (χ1v) is 7.66. The van der Waals surface area contributed by atoms with E-state index in [-0.39, 0.29) is 12.0 Å². The van der Waals surface area contributed by atoms with Crippen molar-refractivity contribution in [3.05, 3.63) is 31.2 Å². The molecule has 0 amide bonds. The summed E-state index contributed by atoms with van der Waals surface area (Å²) in [5, 5.41) is 10.7. The summed E-state index contributed by atoms with van der Waals surface area (Å²) in [5.41, 5.74) is -0.00459. The molecule has 0 atom stereocenters. The molecule has 0 aliphatic carbocycles. The van der Waals surface area contributed by atoms with E-state index in [2.05, 4.69) is 31.9 Å². The van der Waals surface area contributed by atoms with Crippen LogP contribution in [0.15, 0.2) is 21.1 Å². The lowest BCUT2D eigenvalue weighted by atomic mass is 10.3. The van der Waals surface area contributed by atoms with Gasteiger partial charge in [0.1, 0.15) is 5.75 Å². The van der Waals surface area contributed by atoms with Crippen LogP contribution in [0.5, 0.6) is 5.75 Å². The molecule has 0 radical (unpaired) electrons. The Kier molecular flexibility index (Phi) is 5.76. The lowest BCUT2D eigenvalue weighted by Crippen LogP contribution is -2.26. The maximum Gasteiger partial charge on any atom is 0.271 e. The van der Waals surface area contributed by atoms with Crippen molar-refractivity contribution in [2.24, 2.45) is 0 Å². The predicted molar refractivity (Wildman–Crippen MR) is 78.9 cm³/mol. The number of hydrogen-bond donors (Lipinski definition) is 0. The van der Waals surface area contributed by atoms with Crippen LogP contribution < -0.4 is 4.74 Å². The first kappa shape index (κ1) is 15.7. The maximum atomic E-state index is 10.7. The normalized spacial score (nSPS) is 16.1. The van der Waals surface area contributed by atoms with E-state index in [1.165, 1.54) is 12.1 Å². The van der Waals surface area contributed by atoms with Crippen LogP contribution in [0, 0.1) is 10.1 Å². The molecular weight excluding hydrogens is 398 g/mol. The fraction of sp³-hybridized carbons (Fsp3) is 0.500. The first-order valence-electron chi connectivity index (χ1n) is 6.07. The molecule has 0 aromatic heterocycles. The molecule has 0 spiro atoms. The quantitative estimate of drug-likeness (QED) is 0.547. The highest BCUT2D eigenvalue weighted by Gasteiger charge is 2.17. The molecular formula is C12H13Br2NO5. The topological polar surface area (TPSA) is 70.8 Å². The van der Waals surface area contributed by atoms with Crippen LogP contribution in [-0.2, 0) is 9.47 Å². The number of benzene rings is 1. The van der Waals surface area contributed by atoms with Crippen LogP contribution in [0.25, 0.3) is 0 Å². The highest BCUT2D eigenvalue weighted by Crippen LogP contribution is 2.37. The van der Waals surface area contributed by atoms with Crippen molar-refractivity contribution in [1.82, 2.24) is 0 Å². The molecule has 0 saturated carbocycles. The summed E-state index contributed by atoms with van der Waals surface area (Å²) in [5.74, 6) is 0.534. The molecule has 1 saturated heterocycles. The molecule has 20 heavy (non-hydrogen) atoms. The number of hydrogen-bond acceptors (Lipinski definition) is 5. The number of nitro groups is 1. The summed E-state index contributed by atoms with van der Waals surface area (Å²) >= 11 is 6.54. The van der Waals surface area contributed by atoms with E-state index in [0.717, 1.165) is 6.42 Å². The zero-order valence-electron chi connectivity index (χ0n) is 10.5. The van der Waals surface area contributed by atoms with E-state index in [0.29, 0.717) is 40.9 Å². The Morgan fingerprint density at radius 1 is 1.30 bits per heavy atom. The van der Waals surface area contributed by atoms with Crippen molar-refractivity contribution in [3.63, 3.8) is 0 Å². The van der Waals surface area contributed by atoms with E-state index < -0.39 is 4.92 Å². The van der Waals surface area contributed by atoms with Crippen LogP contribution in [0.1, 0.15) is 12.8 Å². The minimum absolute atomic E-state index is 0.00459.